The van der Waals surface area contributed by atoms with Gasteiger partial charge in [0, 0.05) is 61.8 Å². The van der Waals surface area contributed by atoms with Gasteiger partial charge in [0.05, 0.1) is 83.2 Å². The van der Waals surface area contributed by atoms with E-state index in [0.717, 1.165) is 82.1 Å². The van der Waals surface area contributed by atoms with Crippen molar-refractivity contribution in [3.05, 3.63) is 144 Å². The highest BCUT2D eigenvalue weighted by Gasteiger charge is 2.35. The van der Waals surface area contributed by atoms with Crippen LogP contribution in [0.15, 0.2) is 120 Å². The van der Waals surface area contributed by atoms with Crippen LogP contribution in [0.1, 0.15) is 57.5 Å². The van der Waals surface area contributed by atoms with Crippen molar-refractivity contribution in [3.63, 3.8) is 0 Å². The van der Waals surface area contributed by atoms with E-state index in [9.17, 15) is 28.0 Å². The van der Waals surface area contributed by atoms with Crippen molar-refractivity contribution >= 4 is 56.9 Å². The number of rotatable bonds is 10. The lowest BCUT2D eigenvalue weighted by molar-refractivity contribution is -0.131. The molecule has 0 unspecified atom stereocenters. The summed E-state index contributed by atoms with van der Waals surface area (Å²) in [5.41, 5.74) is 2.51. The van der Waals surface area contributed by atoms with E-state index in [1.807, 2.05) is 18.2 Å². The van der Waals surface area contributed by atoms with E-state index < -0.39 is 35.1 Å². The van der Waals surface area contributed by atoms with Gasteiger partial charge in [0.15, 0.2) is 23.3 Å². The lowest BCUT2D eigenvalue weighted by atomic mass is 10.0. The van der Waals surface area contributed by atoms with E-state index in [2.05, 4.69) is 103 Å². The van der Waals surface area contributed by atoms with Gasteiger partial charge in [0.2, 0.25) is 0 Å². The molecule has 21 nitrogen and oxygen atoms in total. The van der Waals surface area contributed by atoms with Gasteiger partial charge in [-0.15, -0.1) is 10.2 Å². The van der Waals surface area contributed by atoms with E-state index in [0.29, 0.717) is 19.1 Å². The molecule has 8 aromatic rings. The molecule has 372 valence electrons. The zero-order valence-electron chi connectivity index (χ0n) is 39.2. The van der Waals surface area contributed by atoms with Crippen LogP contribution < -0.4 is 5.32 Å². The van der Waals surface area contributed by atoms with Crippen LogP contribution in [0.2, 0.25) is 0 Å². The average Bonchev–Trinajstić information content (AvgIpc) is 4.30. The van der Waals surface area contributed by atoms with E-state index in [1.54, 1.807) is 11.1 Å². The number of piperidine rings is 2. The maximum Gasteiger partial charge on any atom is 0.377 e. The first-order chi connectivity index (χ1) is 35.7. The van der Waals surface area contributed by atoms with Gasteiger partial charge in [-0.25, -0.2) is 32.9 Å². The molecule has 4 aliphatic heterocycles. The van der Waals surface area contributed by atoms with Crippen molar-refractivity contribution < 1.29 is 33.1 Å². The van der Waals surface area contributed by atoms with Crippen molar-refractivity contribution in [2.75, 3.05) is 52.4 Å². The Labute approximate surface area is 414 Å². The Hall–Kier alpha value is -8.86. The summed E-state index contributed by atoms with van der Waals surface area (Å²) < 4.78 is 31.2. The summed E-state index contributed by atoms with van der Waals surface area (Å²) in [7, 11) is 0. The minimum Gasteiger partial charge on any atom is -0.475 e. The number of carbonyl (C=O) groups is 4. The normalized spacial score (nSPS) is 16.2. The number of likely N-dealkylation sites (tertiary alicyclic amines) is 1. The fraction of sp³-hybridized carbons (Fsp3) is 0.280. The first-order valence-corrected chi connectivity index (χ1v) is 23.8. The van der Waals surface area contributed by atoms with Crippen LogP contribution in [-0.4, -0.2) is 169 Å². The van der Waals surface area contributed by atoms with Crippen LogP contribution in [0.5, 0.6) is 0 Å². The molecule has 2 fully saturated rings. The topological polar surface area (TPSA) is 254 Å². The number of aliphatic imine (C=N–C) groups is 2. The minimum atomic E-state index is -1.66. The molecular formula is C50H48F2N16O5. The summed E-state index contributed by atoms with van der Waals surface area (Å²) in [4.78, 5) is 77.8. The number of nitrogens with one attached hydrogen (secondary N) is 3. The largest absolute Gasteiger partial charge is 0.475 e. The first kappa shape index (κ1) is 47.8. The van der Waals surface area contributed by atoms with Gasteiger partial charge in [0.25, 0.3) is 17.5 Å². The number of carboxylic acids is 1. The van der Waals surface area contributed by atoms with E-state index in [1.165, 1.54) is 58.4 Å². The summed E-state index contributed by atoms with van der Waals surface area (Å²) in [6.45, 7) is 6.82. The van der Waals surface area contributed by atoms with Crippen LogP contribution in [0, 0.1) is 11.6 Å². The maximum absolute atomic E-state index is 14.7. The molecule has 6 aromatic heterocycles. The third-order valence-electron chi connectivity index (χ3n) is 13.2. The van der Waals surface area contributed by atoms with Gasteiger partial charge in [-0.3, -0.25) is 24.4 Å². The van der Waals surface area contributed by atoms with Crippen LogP contribution in [0.4, 0.5) is 8.78 Å². The molecule has 0 spiro atoms. The number of hydrogen-bond donors (Lipinski definition) is 4. The fourth-order valence-electron chi connectivity index (χ4n) is 9.73. The Morgan fingerprint density at radius 3 is 1.52 bits per heavy atom. The second-order valence-electron chi connectivity index (χ2n) is 17.5. The number of benzene rings is 2. The molecule has 1 amide bonds. The van der Waals surface area contributed by atoms with Crippen molar-refractivity contribution in [2.24, 2.45) is 9.98 Å². The third kappa shape index (κ3) is 9.81. The first-order valence-electron chi connectivity index (χ1n) is 23.8. The number of amidine groups is 2. The smallest absolute Gasteiger partial charge is 0.377 e. The van der Waals surface area contributed by atoms with Gasteiger partial charge in [-0.05, 0) is 38.8 Å². The molecular weight excluding hydrogens is 943 g/mol. The van der Waals surface area contributed by atoms with E-state index in [-0.39, 0.29) is 50.6 Å². The van der Waals surface area contributed by atoms with Crippen LogP contribution in [-0.2, 0) is 9.59 Å². The number of hydrogen-bond acceptors (Lipinski definition) is 15. The standard InChI is InChI=1S/C25H23FN8O2.C14H19N3.C11H6FN5O3/c26-19-15-29-24(34-13-9-30-31-34)21-20(19)18(14-28-21)22(35)25(36)32-10-6-17(7-11-32)33-12-8-27-23(33)16-4-2-1-3-5-16;1-2-4-12(5-3-1)14-16-10-11-17(14)13-6-8-15-9-7-13;12-6-4-14-10(17-2-1-15-16-17)8-7(6)5(3-13-8)9(18)11(19)20/h1-5,9,13-15,17,28H,6-8,10-12H2;1-5,13,15H,6-11H2;1-4,13H,(H,19,20). The molecule has 23 heteroatoms. The van der Waals surface area contributed by atoms with Gasteiger partial charge >= 0.3 is 5.97 Å². The van der Waals surface area contributed by atoms with Crippen LogP contribution >= 0.6 is 0 Å². The number of aromatic nitrogens is 10. The Kier molecular flexibility index (Phi) is 13.9. The number of aliphatic carboxylic acids is 1. The molecule has 0 atom stereocenters. The van der Waals surface area contributed by atoms with Crippen molar-refractivity contribution in [1.82, 2.24) is 69.9 Å². The summed E-state index contributed by atoms with van der Waals surface area (Å²) >= 11 is 0. The third-order valence-corrected chi connectivity index (χ3v) is 13.2. The highest BCUT2D eigenvalue weighted by molar-refractivity contribution is 6.45. The number of pyridine rings is 2. The highest BCUT2D eigenvalue weighted by Crippen LogP contribution is 2.29. The number of fused-ring (bicyclic) bond motifs is 2. The second-order valence-corrected chi connectivity index (χ2v) is 17.5. The molecule has 0 saturated carbocycles. The molecule has 4 N–H and O–H groups in total. The Morgan fingerprint density at radius 1 is 0.603 bits per heavy atom. The van der Waals surface area contributed by atoms with Gasteiger partial charge in [-0.1, -0.05) is 71.1 Å². The van der Waals surface area contributed by atoms with Gasteiger partial charge < -0.3 is 35.1 Å². The molecule has 10 heterocycles. The maximum atomic E-state index is 14.7. The van der Waals surface area contributed by atoms with Gasteiger partial charge in [0.1, 0.15) is 11.7 Å². The molecule has 0 aliphatic carbocycles. The quantitative estimate of drug-likeness (QED) is 0.110. The Morgan fingerprint density at radius 2 is 1.07 bits per heavy atom. The summed E-state index contributed by atoms with van der Waals surface area (Å²) in [6.07, 6.45) is 14.3. The number of H-pyrrole nitrogens is 2. The summed E-state index contributed by atoms with van der Waals surface area (Å²) in [6, 6.07) is 21.6. The monoisotopic (exact) mass is 990 g/mol. The number of aromatic amines is 2. The van der Waals surface area contributed by atoms with E-state index >= 15 is 0 Å². The van der Waals surface area contributed by atoms with Crippen LogP contribution in [0.3, 0.4) is 0 Å². The number of ketones is 2. The minimum absolute atomic E-state index is 0.0172. The molecule has 12 rings (SSSR count). The van der Waals surface area contributed by atoms with Crippen LogP contribution in [0.25, 0.3) is 33.4 Å². The Balaban J connectivity index is 0.000000139. The number of nitrogens with zero attached hydrogens (tertiary/aromatic N) is 13. The van der Waals surface area contributed by atoms with Crippen molar-refractivity contribution in [2.45, 2.75) is 37.8 Å². The molecule has 2 aromatic carbocycles. The summed E-state index contributed by atoms with van der Waals surface area (Å²) in [5.74, 6) is -3.04. The molecule has 0 radical (unpaired) electrons. The number of amides is 1. The summed E-state index contributed by atoms with van der Waals surface area (Å²) in [5, 5.41) is 27.0. The fourth-order valence-corrected chi connectivity index (χ4v) is 9.73. The SMILES string of the molecule is O=C(C(=O)N1CCC(N2CCN=C2c2ccccc2)CC1)c1c[nH]c2c(-n3ccnn3)ncc(F)c12.O=C(O)C(=O)c1c[nH]c2c(-n3ccnn3)ncc(F)c12.c1ccc(C2=NCCN2C2CCNCC2)cc1. The lowest BCUT2D eigenvalue weighted by Crippen LogP contribution is -2.49. The predicted molar refractivity (Wildman–Crippen MR) is 263 cm³/mol. The molecule has 0 bridgehead atoms. The zero-order valence-corrected chi connectivity index (χ0v) is 39.2. The second kappa shape index (κ2) is 21.2. The molecule has 73 heavy (non-hydrogen) atoms. The zero-order chi connectivity index (χ0) is 50.4. The number of carboxylic acid groups (broad SMARTS) is 1. The average molecular weight is 991 g/mol. The molecule has 2 saturated heterocycles. The Bertz CT molecular complexity index is 3330. The van der Waals surface area contributed by atoms with Crippen molar-refractivity contribution in [1.29, 1.82) is 0 Å². The predicted octanol–water partition coefficient (Wildman–Crippen LogP) is 4.27. The van der Waals surface area contributed by atoms with Gasteiger partial charge in [-0.2, -0.15) is 0 Å². The van der Waals surface area contributed by atoms with E-state index in [4.69, 9.17) is 10.1 Å². The number of halogens is 2. The molecule has 4 aliphatic rings. The van der Waals surface area contributed by atoms with Crippen molar-refractivity contribution in [3.8, 4) is 11.6 Å². The lowest BCUT2D eigenvalue weighted by Gasteiger charge is -2.38. The number of carbonyl (C=O) groups excluding carboxylic acids is 3. The number of Topliss-reactive ketones (excluding diaryl/α,β-unsaturated/α-hetero) is 2. The highest BCUT2D eigenvalue weighted by atomic mass is 19.1.